The third kappa shape index (κ3) is 2.16. The fourth-order valence-corrected chi connectivity index (χ4v) is 2.36. The van der Waals surface area contributed by atoms with E-state index in [0.717, 1.165) is 17.4 Å². The quantitative estimate of drug-likeness (QED) is 0.654. The second-order valence-corrected chi connectivity index (χ2v) is 4.67. The Morgan fingerprint density at radius 1 is 1.00 bits per heavy atom. The lowest BCUT2D eigenvalue weighted by Gasteiger charge is -2.10. The maximum Gasteiger partial charge on any atom is 0.149 e. The predicted molar refractivity (Wildman–Crippen MR) is 76.5 cm³/mol. The highest BCUT2D eigenvalue weighted by atomic mass is 19.1. The molecule has 0 saturated heterocycles. The number of halogens is 2. The average molecular weight is 269 g/mol. The molecule has 1 aromatic heterocycles. The standard InChI is InChI=1S/C17H13F2N/c1-2-11-9-12-6-4-8-15(19)17(12)20-16(11)13-5-3-7-14(18)10-13/h3-10H,2H2,1H3. The Bertz CT molecular complexity index is 781. The van der Waals surface area contributed by atoms with Gasteiger partial charge >= 0.3 is 0 Å². The smallest absolute Gasteiger partial charge is 0.149 e. The van der Waals surface area contributed by atoms with Crippen LogP contribution in [0.5, 0.6) is 0 Å². The number of pyridine rings is 1. The molecule has 3 rings (SSSR count). The molecule has 0 aliphatic rings. The minimum atomic E-state index is -0.359. The van der Waals surface area contributed by atoms with E-state index in [-0.39, 0.29) is 11.6 Å². The minimum Gasteiger partial charge on any atom is -0.244 e. The van der Waals surface area contributed by atoms with Crippen LogP contribution in [0, 0.1) is 11.6 Å². The predicted octanol–water partition coefficient (Wildman–Crippen LogP) is 4.74. The van der Waals surface area contributed by atoms with Crippen molar-refractivity contribution in [1.29, 1.82) is 0 Å². The van der Waals surface area contributed by atoms with Crippen molar-refractivity contribution in [3.63, 3.8) is 0 Å². The normalized spacial score (nSPS) is 10.9. The molecule has 0 unspecified atom stereocenters. The number of benzene rings is 2. The zero-order valence-corrected chi connectivity index (χ0v) is 11.0. The highest BCUT2D eigenvalue weighted by Crippen LogP contribution is 2.27. The summed E-state index contributed by atoms with van der Waals surface area (Å²) < 4.78 is 27.2. The van der Waals surface area contributed by atoms with Gasteiger partial charge in [-0.1, -0.05) is 31.2 Å². The molecule has 20 heavy (non-hydrogen) atoms. The van der Waals surface area contributed by atoms with Crippen molar-refractivity contribution in [3.05, 3.63) is 65.7 Å². The highest BCUT2D eigenvalue weighted by molar-refractivity contribution is 5.83. The molecule has 0 N–H and O–H groups in total. The number of nitrogens with zero attached hydrogens (tertiary/aromatic N) is 1. The van der Waals surface area contributed by atoms with E-state index in [9.17, 15) is 8.78 Å². The van der Waals surface area contributed by atoms with Crippen molar-refractivity contribution in [3.8, 4) is 11.3 Å². The van der Waals surface area contributed by atoms with Crippen LogP contribution in [0.3, 0.4) is 0 Å². The SMILES string of the molecule is CCc1cc2cccc(F)c2nc1-c1cccc(F)c1. The maximum absolute atomic E-state index is 13.9. The number of hydrogen-bond acceptors (Lipinski definition) is 1. The summed E-state index contributed by atoms with van der Waals surface area (Å²) in [6.45, 7) is 2.00. The summed E-state index contributed by atoms with van der Waals surface area (Å²) in [6, 6.07) is 13.0. The summed E-state index contributed by atoms with van der Waals surface area (Å²) in [6.07, 6.45) is 0.755. The Balaban J connectivity index is 2.31. The molecule has 0 radical (unpaired) electrons. The molecule has 0 aliphatic carbocycles. The van der Waals surface area contributed by atoms with Crippen LogP contribution in [0.15, 0.2) is 48.5 Å². The maximum atomic E-state index is 13.9. The second-order valence-electron chi connectivity index (χ2n) is 4.67. The van der Waals surface area contributed by atoms with Crippen LogP contribution in [-0.4, -0.2) is 4.98 Å². The lowest BCUT2D eigenvalue weighted by molar-refractivity contribution is 0.628. The molecule has 0 bridgehead atoms. The summed E-state index contributed by atoms with van der Waals surface area (Å²) in [5.41, 5.74) is 2.62. The summed E-state index contributed by atoms with van der Waals surface area (Å²) in [4.78, 5) is 4.42. The van der Waals surface area contributed by atoms with E-state index in [1.54, 1.807) is 18.2 Å². The Hall–Kier alpha value is -2.29. The van der Waals surface area contributed by atoms with Gasteiger partial charge in [0.2, 0.25) is 0 Å². The topological polar surface area (TPSA) is 12.9 Å². The van der Waals surface area contributed by atoms with Crippen LogP contribution in [0.4, 0.5) is 8.78 Å². The summed E-state index contributed by atoms with van der Waals surface area (Å²) >= 11 is 0. The van der Waals surface area contributed by atoms with Crippen LogP contribution in [0.2, 0.25) is 0 Å². The zero-order chi connectivity index (χ0) is 14.1. The van der Waals surface area contributed by atoms with Crippen molar-refractivity contribution >= 4 is 10.9 Å². The molecular weight excluding hydrogens is 256 g/mol. The molecule has 0 aliphatic heterocycles. The fraction of sp³-hybridized carbons (Fsp3) is 0.118. The first-order chi connectivity index (χ1) is 9.69. The first-order valence-corrected chi connectivity index (χ1v) is 6.53. The van der Waals surface area contributed by atoms with Crippen molar-refractivity contribution < 1.29 is 8.78 Å². The summed E-state index contributed by atoms with van der Waals surface area (Å²) in [5, 5.41) is 0.766. The average Bonchev–Trinajstić information content (AvgIpc) is 2.46. The van der Waals surface area contributed by atoms with Gasteiger partial charge in [0.05, 0.1) is 5.69 Å². The van der Waals surface area contributed by atoms with Gasteiger partial charge in [0, 0.05) is 10.9 Å². The first kappa shape index (κ1) is 12.7. The van der Waals surface area contributed by atoms with Gasteiger partial charge in [-0.3, -0.25) is 0 Å². The summed E-state index contributed by atoms with van der Waals surface area (Å²) in [5.74, 6) is -0.678. The number of fused-ring (bicyclic) bond motifs is 1. The molecule has 0 fully saturated rings. The molecular formula is C17H13F2N. The molecule has 0 atom stereocenters. The molecule has 1 heterocycles. The summed E-state index contributed by atoms with van der Waals surface area (Å²) in [7, 11) is 0. The molecule has 0 spiro atoms. The van der Waals surface area contributed by atoms with Crippen molar-refractivity contribution in [1.82, 2.24) is 4.98 Å². The molecule has 2 aromatic carbocycles. The highest BCUT2D eigenvalue weighted by Gasteiger charge is 2.11. The zero-order valence-electron chi connectivity index (χ0n) is 11.0. The van der Waals surface area contributed by atoms with E-state index < -0.39 is 0 Å². The number of aromatic nitrogens is 1. The van der Waals surface area contributed by atoms with E-state index >= 15 is 0 Å². The Morgan fingerprint density at radius 2 is 1.80 bits per heavy atom. The second kappa shape index (κ2) is 5.00. The Kier molecular flexibility index (Phi) is 3.18. The van der Waals surface area contributed by atoms with Gasteiger partial charge in [-0.05, 0) is 36.2 Å². The van der Waals surface area contributed by atoms with E-state index in [2.05, 4.69) is 4.98 Å². The van der Waals surface area contributed by atoms with Gasteiger partial charge in [0.15, 0.2) is 0 Å². The van der Waals surface area contributed by atoms with Gasteiger partial charge in [-0.2, -0.15) is 0 Å². The van der Waals surface area contributed by atoms with E-state index in [0.29, 0.717) is 16.8 Å². The molecule has 3 heteroatoms. The molecule has 0 amide bonds. The van der Waals surface area contributed by atoms with Crippen LogP contribution < -0.4 is 0 Å². The van der Waals surface area contributed by atoms with E-state index in [1.165, 1.54) is 18.2 Å². The van der Waals surface area contributed by atoms with Crippen molar-refractivity contribution in [2.45, 2.75) is 13.3 Å². The van der Waals surface area contributed by atoms with Gasteiger partial charge in [0.25, 0.3) is 0 Å². The molecule has 0 saturated carbocycles. The minimum absolute atomic E-state index is 0.319. The van der Waals surface area contributed by atoms with Crippen LogP contribution >= 0.6 is 0 Å². The van der Waals surface area contributed by atoms with Gasteiger partial charge < -0.3 is 0 Å². The Morgan fingerprint density at radius 3 is 2.55 bits per heavy atom. The molecule has 100 valence electrons. The van der Waals surface area contributed by atoms with Crippen LogP contribution in [0.1, 0.15) is 12.5 Å². The van der Waals surface area contributed by atoms with Gasteiger partial charge in [-0.15, -0.1) is 0 Å². The monoisotopic (exact) mass is 269 g/mol. The number of aryl methyl sites for hydroxylation is 1. The van der Waals surface area contributed by atoms with E-state index in [4.69, 9.17) is 0 Å². The van der Waals surface area contributed by atoms with Crippen molar-refractivity contribution in [2.24, 2.45) is 0 Å². The largest absolute Gasteiger partial charge is 0.244 e. The molecule has 1 nitrogen and oxygen atoms in total. The Labute approximate surface area is 115 Å². The lowest BCUT2D eigenvalue weighted by atomic mass is 10.0. The van der Waals surface area contributed by atoms with Gasteiger partial charge in [-0.25, -0.2) is 13.8 Å². The number of hydrogen-bond donors (Lipinski definition) is 0. The molecule has 3 aromatic rings. The van der Waals surface area contributed by atoms with Crippen LogP contribution in [0.25, 0.3) is 22.2 Å². The van der Waals surface area contributed by atoms with Crippen molar-refractivity contribution in [2.75, 3.05) is 0 Å². The first-order valence-electron chi connectivity index (χ1n) is 6.53. The lowest BCUT2D eigenvalue weighted by Crippen LogP contribution is -1.95. The fourth-order valence-electron chi connectivity index (χ4n) is 2.36. The third-order valence-electron chi connectivity index (χ3n) is 3.35. The van der Waals surface area contributed by atoms with Gasteiger partial charge in [0.1, 0.15) is 17.2 Å². The van der Waals surface area contributed by atoms with E-state index in [1.807, 2.05) is 19.1 Å². The number of para-hydroxylation sites is 1. The van der Waals surface area contributed by atoms with Crippen LogP contribution in [-0.2, 0) is 6.42 Å². The number of rotatable bonds is 2. The third-order valence-corrected chi connectivity index (χ3v) is 3.35.